The highest BCUT2D eigenvalue weighted by Crippen LogP contribution is 2.15. The lowest BCUT2D eigenvalue weighted by atomic mass is 10.1. The Balaban J connectivity index is 1.49. The second kappa shape index (κ2) is 9.56. The van der Waals surface area contributed by atoms with Gasteiger partial charge >= 0.3 is 0 Å². The van der Waals surface area contributed by atoms with Gasteiger partial charge in [-0.25, -0.2) is 0 Å². The van der Waals surface area contributed by atoms with E-state index in [2.05, 4.69) is 34.5 Å². The van der Waals surface area contributed by atoms with Crippen LogP contribution in [0, 0.1) is 6.92 Å². The number of carbonyl (C=O) groups excluding carboxylic acids is 1. The fourth-order valence-electron chi connectivity index (χ4n) is 3.49. The van der Waals surface area contributed by atoms with Crippen molar-refractivity contribution in [3.63, 3.8) is 0 Å². The summed E-state index contributed by atoms with van der Waals surface area (Å²) in [5, 5.41) is 2.99. The Bertz CT molecular complexity index is 754. The highest BCUT2D eigenvalue weighted by molar-refractivity contribution is 5.80. The van der Waals surface area contributed by atoms with E-state index in [9.17, 15) is 4.79 Å². The van der Waals surface area contributed by atoms with Crippen LogP contribution in [-0.2, 0) is 17.9 Å². The molecule has 0 radical (unpaired) electrons. The largest absolute Gasteiger partial charge is 0.481 e. The van der Waals surface area contributed by atoms with E-state index in [1.807, 2.05) is 31.2 Å². The van der Waals surface area contributed by atoms with Crippen LogP contribution >= 0.6 is 0 Å². The van der Waals surface area contributed by atoms with Gasteiger partial charge in [0.2, 0.25) is 0 Å². The van der Waals surface area contributed by atoms with E-state index >= 15 is 0 Å². The molecule has 0 spiro atoms. The first kappa shape index (κ1) is 19.4. The molecule has 4 nitrogen and oxygen atoms in total. The second-order valence-electron chi connectivity index (χ2n) is 7.45. The van der Waals surface area contributed by atoms with Crippen LogP contribution < -0.4 is 10.1 Å². The number of rotatable bonds is 7. The second-order valence-corrected chi connectivity index (χ2v) is 7.45. The van der Waals surface area contributed by atoms with Crippen molar-refractivity contribution < 1.29 is 9.53 Å². The highest BCUT2D eigenvalue weighted by atomic mass is 16.5. The number of hydrogen-bond acceptors (Lipinski definition) is 3. The van der Waals surface area contributed by atoms with Crippen LogP contribution in [0.15, 0.2) is 48.5 Å². The van der Waals surface area contributed by atoms with Gasteiger partial charge in [-0.1, -0.05) is 42.8 Å². The Morgan fingerprint density at radius 3 is 2.59 bits per heavy atom. The summed E-state index contributed by atoms with van der Waals surface area (Å²) >= 11 is 0. The molecule has 3 rings (SSSR count). The van der Waals surface area contributed by atoms with E-state index in [-0.39, 0.29) is 5.91 Å². The van der Waals surface area contributed by atoms with Crippen LogP contribution in [0.4, 0.5) is 0 Å². The quantitative estimate of drug-likeness (QED) is 0.803. The van der Waals surface area contributed by atoms with Crippen LogP contribution in [0.2, 0.25) is 0 Å². The monoisotopic (exact) mass is 366 g/mol. The topological polar surface area (TPSA) is 41.6 Å². The van der Waals surface area contributed by atoms with Gasteiger partial charge in [0.25, 0.3) is 5.91 Å². The van der Waals surface area contributed by atoms with Gasteiger partial charge in [0.15, 0.2) is 6.10 Å². The lowest BCUT2D eigenvalue weighted by Gasteiger charge is -2.26. The zero-order valence-electron chi connectivity index (χ0n) is 16.4. The van der Waals surface area contributed by atoms with Gasteiger partial charge in [0.05, 0.1) is 0 Å². The molecule has 1 N–H and O–H groups in total. The van der Waals surface area contributed by atoms with E-state index in [0.29, 0.717) is 6.54 Å². The molecule has 1 atom stereocenters. The van der Waals surface area contributed by atoms with Crippen molar-refractivity contribution in [2.45, 2.75) is 52.3 Å². The van der Waals surface area contributed by atoms with Gasteiger partial charge in [-0.05, 0) is 68.6 Å². The molecule has 2 aromatic carbocycles. The van der Waals surface area contributed by atoms with Crippen LogP contribution in [0.25, 0.3) is 0 Å². The number of ether oxygens (including phenoxy) is 1. The highest BCUT2D eigenvalue weighted by Gasteiger charge is 2.15. The summed E-state index contributed by atoms with van der Waals surface area (Å²) in [6.07, 6.45) is 3.43. The summed E-state index contributed by atoms with van der Waals surface area (Å²) in [6.45, 7) is 7.69. The van der Waals surface area contributed by atoms with E-state index in [1.165, 1.54) is 37.9 Å². The summed E-state index contributed by atoms with van der Waals surface area (Å²) in [4.78, 5) is 14.9. The minimum atomic E-state index is -0.525. The zero-order valence-corrected chi connectivity index (χ0v) is 16.4. The molecule has 1 amide bonds. The minimum Gasteiger partial charge on any atom is -0.481 e. The Labute approximate surface area is 162 Å². The summed E-state index contributed by atoms with van der Waals surface area (Å²) in [5.74, 6) is 0.624. The molecule has 1 aliphatic rings. The fraction of sp³-hybridized carbons (Fsp3) is 0.435. The summed E-state index contributed by atoms with van der Waals surface area (Å²) in [5.41, 5.74) is 3.55. The molecule has 0 saturated carbocycles. The Morgan fingerprint density at radius 1 is 1.07 bits per heavy atom. The average molecular weight is 367 g/mol. The van der Waals surface area contributed by atoms with Crippen LogP contribution in [-0.4, -0.2) is 30.0 Å². The fourth-order valence-corrected chi connectivity index (χ4v) is 3.49. The number of nitrogens with one attached hydrogen (secondary N) is 1. The molecule has 1 saturated heterocycles. The van der Waals surface area contributed by atoms with Gasteiger partial charge in [0.1, 0.15) is 5.75 Å². The SMILES string of the molecule is Cc1cccc(O[C@H](C)C(=O)NCc2cccc(CN3CCCCC3)c2)c1. The van der Waals surface area contributed by atoms with Crippen molar-refractivity contribution in [2.24, 2.45) is 0 Å². The molecule has 2 aromatic rings. The maximum atomic E-state index is 12.4. The van der Waals surface area contributed by atoms with Crippen molar-refractivity contribution in [3.05, 3.63) is 65.2 Å². The van der Waals surface area contributed by atoms with Gasteiger partial charge < -0.3 is 10.1 Å². The first-order chi connectivity index (χ1) is 13.1. The molecule has 144 valence electrons. The lowest BCUT2D eigenvalue weighted by molar-refractivity contribution is -0.127. The number of amides is 1. The normalized spacial score (nSPS) is 15.9. The molecule has 1 fully saturated rings. The molecule has 0 bridgehead atoms. The van der Waals surface area contributed by atoms with Crippen LogP contribution in [0.3, 0.4) is 0 Å². The molecule has 4 heteroatoms. The first-order valence-electron chi connectivity index (χ1n) is 9.91. The van der Waals surface area contributed by atoms with E-state index < -0.39 is 6.10 Å². The molecule has 27 heavy (non-hydrogen) atoms. The Kier molecular flexibility index (Phi) is 6.88. The third kappa shape index (κ3) is 6.10. The summed E-state index contributed by atoms with van der Waals surface area (Å²) in [7, 11) is 0. The van der Waals surface area contributed by atoms with Crippen molar-refractivity contribution in [2.75, 3.05) is 13.1 Å². The molecular weight excluding hydrogens is 336 g/mol. The summed E-state index contributed by atoms with van der Waals surface area (Å²) in [6, 6.07) is 16.3. The number of aryl methyl sites for hydroxylation is 1. The van der Waals surface area contributed by atoms with Crippen LogP contribution in [0.1, 0.15) is 42.9 Å². The van der Waals surface area contributed by atoms with E-state index in [0.717, 1.165) is 23.4 Å². The van der Waals surface area contributed by atoms with Gasteiger partial charge in [0, 0.05) is 13.1 Å². The lowest BCUT2D eigenvalue weighted by Crippen LogP contribution is -2.36. The molecule has 0 unspecified atom stereocenters. The van der Waals surface area contributed by atoms with Crippen molar-refractivity contribution >= 4 is 5.91 Å². The number of nitrogens with zero attached hydrogens (tertiary/aromatic N) is 1. The minimum absolute atomic E-state index is 0.0991. The molecular formula is C23H30N2O2. The number of carbonyl (C=O) groups is 1. The van der Waals surface area contributed by atoms with Gasteiger partial charge in [-0.3, -0.25) is 9.69 Å². The Hall–Kier alpha value is -2.33. The third-order valence-corrected chi connectivity index (χ3v) is 4.98. The van der Waals surface area contributed by atoms with Crippen molar-refractivity contribution in [1.29, 1.82) is 0 Å². The van der Waals surface area contributed by atoms with Gasteiger partial charge in [-0.15, -0.1) is 0 Å². The van der Waals surface area contributed by atoms with E-state index in [4.69, 9.17) is 4.74 Å². The predicted octanol–water partition coefficient (Wildman–Crippen LogP) is 4.06. The van der Waals surface area contributed by atoms with Crippen molar-refractivity contribution in [3.8, 4) is 5.75 Å². The smallest absolute Gasteiger partial charge is 0.261 e. The van der Waals surface area contributed by atoms with Crippen molar-refractivity contribution in [1.82, 2.24) is 10.2 Å². The number of likely N-dealkylation sites (tertiary alicyclic amines) is 1. The maximum Gasteiger partial charge on any atom is 0.261 e. The summed E-state index contributed by atoms with van der Waals surface area (Å²) < 4.78 is 5.75. The Morgan fingerprint density at radius 2 is 1.81 bits per heavy atom. The molecule has 1 aliphatic heterocycles. The van der Waals surface area contributed by atoms with Gasteiger partial charge in [-0.2, -0.15) is 0 Å². The van der Waals surface area contributed by atoms with Crippen LogP contribution in [0.5, 0.6) is 5.75 Å². The molecule has 0 aliphatic carbocycles. The average Bonchev–Trinajstić information content (AvgIpc) is 2.67. The molecule has 1 heterocycles. The maximum absolute atomic E-state index is 12.4. The zero-order chi connectivity index (χ0) is 19.1. The number of hydrogen-bond donors (Lipinski definition) is 1. The molecule has 0 aromatic heterocycles. The number of benzene rings is 2. The standard InChI is InChI=1S/C23H30N2O2/c1-18-8-6-11-22(14-18)27-19(2)23(26)24-16-20-9-7-10-21(15-20)17-25-12-4-3-5-13-25/h6-11,14-15,19H,3-5,12-13,16-17H2,1-2H3,(H,24,26)/t19-/m1/s1. The predicted molar refractivity (Wildman–Crippen MR) is 109 cm³/mol. The van der Waals surface area contributed by atoms with E-state index in [1.54, 1.807) is 6.92 Å². The number of piperidine rings is 1. The third-order valence-electron chi connectivity index (χ3n) is 4.98. The first-order valence-corrected chi connectivity index (χ1v) is 9.91.